The van der Waals surface area contributed by atoms with Gasteiger partial charge in [0, 0.05) is 42.8 Å². The van der Waals surface area contributed by atoms with E-state index < -0.39 is 10.0 Å². The first-order valence-electron chi connectivity index (χ1n) is 10.5. The second-order valence-electron chi connectivity index (χ2n) is 7.72. The summed E-state index contributed by atoms with van der Waals surface area (Å²) in [6, 6.07) is 11.7. The molecule has 7 nitrogen and oxygen atoms in total. The van der Waals surface area contributed by atoms with Gasteiger partial charge in [0.05, 0.1) is 17.7 Å². The van der Waals surface area contributed by atoms with E-state index in [0.717, 1.165) is 12.1 Å². The SMILES string of the molecule is COC(=O)CCC/C=C\[C@@H]1C[C@@H](NS(=O)(=O)c2ccc(Cl)cc2)CN1Cc1ccccn1. The minimum atomic E-state index is -3.65. The number of ether oxygens (including phenoxy) is 1. The Bertz CT molecular complexity index is 1010. The number of hydrogen-bond acceptors (Lipinski definition) is 6. The van der Waals surface area contributed by atoms with E-state index >= 15 is 0 Å². The molecule has 1 saturated heterocycles. The molecule has 172 valence electrons. The van der Waals surface area contributed by atoms with Crippen LogP contribution >= 0.6 is 11.6 Å². The molecule has 1 fully saturated rings. The predicted octanol–water partition coefficient (Wildman–Crippen LogP) is 3.56. The third kappa shape index (κ3) is 7.13. The Kier molecular flexibility index (Phi) is 8.81. The maximum absolute atomic E-state index is 12.8. The van der Waals surface area contributed by atoms with Gasteiger partial charge in [0.15, 0.2) is 0 Å². The van der Waals surface area contributed by atoms with Crippen molar-refractivity contribution in [3.63, 3.8) is 0 Å². The topological polar surface area (TPSA) is 88.6 Å². The number of unbranched alkanes of at least 4 members (excludes halogenated alkanes) is 1. The second kappa shape index (κ2) is 11.6. The maximum atomic E-state index is 12.8. The van der Waals surface area contributed by atoms with Crippen LogP contribution in [-0.4, -0.2) is 50.0 Å². The van der Waals surface area contributed by atoms with Crippen molar-refractivity contribution in [3.8, 4) is 0 Å². The van der Waals surface area contributed by atoms with Crippen molar-refractivity contribution in [1.29, 1.82) is 0 Å². The Morgan fingerprint density at radius 3 is 2.75 bits per heavy atom. The average molecular weight is 478 g/mol. The lowest BCUT2D eigenvalue weighted by molar-refractivity contribution is -0.140. The number of likely N-dealkylation sites (tertiary alicyclic amines) is 1. The lowest BCUT2D eigenvalue weighted by atomic mass is 10.1. The molecule has 1 aliphatic rings. The van der Waals surface area contributed by atoms with Gasteiger partial charge < -0.3 is 4.74 Å². The van der Waals surface area contributed by atoms with Crippen molar-refractivity contribution in [2.45, 2.75) is 49.2 Å². The number of aromatic nitrogens is 1. The molecule has 0 saturated carbocycles. The third-order valence-electron chi connectivity index (χ3n) is 5.32. The number of halogens is 1. The molecule has 0 spiro atoms. The number of sulfonamides is 1. The van der Waals surface area contributed by atoms with Gasteiger partial charge in [0.2, 0.25) is 10.0 Å². The van der Waals surface area contributed by atoms with Crippen molar-refractivity contribution in [3.05, 3.63) is 71.5 Å². The summed E-state index contributed by atoms with van der Waals surface area (Å²) in [5, 5.41) is 0.490. The van der Waals surface area contributed by atoms with Gasteiger partial charge in [-0.2, -0.15) is 0 Å². The van der Waals surface area contributed by atoms with Crippen molar-refractivity contribution in [1.82, 2.24) is 14.6 Å². The number of carbonyl (C=O) groups is 1. The average Bonchev–Trinajstić information content (AvgIpc) is 3.14. The number of carbonyl (C=O) groups excluding carboxylic acids is 1. The van der Waals surface area contributed by atoms with E-state index in [-0.39, 0.29) is 22.9 Å². The zero-order chi connectivity index (χ0) is 23.0. The number of nitrogens with zero attached hydrogens (tertiary/aromatic N) is 2. The Labute approximate surface area is 194 Å². The summed E-state index contributed by atoms with van der Waals surface area (Å²) in [7, 11) is -2.26. The number of benzene rings is 1. The summed E-state index contributed by atoms with van der Waals surface area (Å²) in [6.45, 7) is 1.19. The first kappa shape index (κ1) is 24.4. The molecular weight excluding hydrogens is 450 g/mol. The molecule has 0 bridgehead atoms. The molecule has 0 aliphatic carbocycles. The maximum Gasteiger partial charge on any atom is 0.305 e. The molecule has 3 rings (SSSR count). The zero-order valence-electron chi connectivity index (χ0n) is 18.0. The first-order valence-corrected chi connectivity index (χ1v) is 12.4. The minimum Gasteiger partial charge on any atom is -0.469 e. The van der Waals surface area contributed by atoms with Crippen LogP contribution in [-0.2, 0) is 26.1 Å². The van der Waals surface area contributed by atoms with Crippen LogP contribution < -0.4 is 4.72 Å². The van der Waals surface area contributed by atoms with E-state index in [2.05, 4.69) is 31.5 Å². The van der Waals surface area contributed by atoms with Crippen LogP contribution in [0.15, 0.2) is 65.7 Å². The highest BCUT2D eigenvalue weighted by Crippen LogP contribution is 2.24. The van der Waals surface area contributed by atoms with Gasteiger partial charge in [0.1, 0.15) is 0 Å². The number of pyridine rings is 1. The quantitative estimate of drug-likeness (QED) is 0.320. The molecule has 0 radical (unpaired) electrons. The number of methoxy groups -OCH3 is 1. The fourth-order valence-corrected chi connectivity index (χ4v) is 5.09. The van der Waals surface area contributed by atoms with Gasteiger partial charge in [0.25, 0.3) is 0 Å². The Hall–Kier alpha value is -2.26. The molecule has 2 heterocycles. The number of nitrogens with one attached hydrogen (secondary N) is 1. The summed E-state index contributed by atoms with van der Waals surface area (Å²) in [6.07, 6.45) is 8.39. The molecule has 9 heteroatoms. The summed E-state index contributed by atoms with van der Waals surface area (Å²) in [5.74, 6) is -0.215. The molecule has 0 amide bonds. The standard InChI is InChI=1S/C23H28ClN3O4S/c1-31-23(28)9-4-2-3-8-21-15-20(17-27(21)16-19-7-5-6-14-25-19)26-32(29,30)22-12-10-18(24)11-13-22/h3,5-8,10-14,20-21,26H,2,4,9,15-17H2,1H3/b8-3-/t20-,21-/m1/s1. The van der Waals surface area contributed by atoms with Crippen LogP contribution in [0.5, 0.6) is 0 Å². The molecular formula is C23H28ClN3O4S. The van der Waals surface area contributed by atoms with Crippen LogP contribution in [0.3, 0.4) is 0 Å². The van der Waals surface area contributed by atoms with Crippen LogP contribution in [0.4, 0.5) is 0 Å². The molecule has 1 aromatic heterocycles. The van der Waals surface area contributed by atoms with Crippen LogP contribution in [0.25, 0.3) is 0 Å². The van der Waals surface area contributed by atoms with Crippen LogP contribution in [0, 0.1) is 0 Å². The van der Waals surface area contributed by atoms with Crippen LogP contribution in [0.2, 0.25) is 5.02 Å². The summed E-state index contributed by atoms with van der Waals surface area (Å²) < 4.78 is 33.1. The van der Waals surface area contributed by atoms with Crippen molar-refractivity contribution in [2.75, 3.05) is 13.7 Å². The largest absolute Gasteiger partial charge is 0.469 e. The van der Waals surface area contributed by atoms with E-state index in [4.69, 9.17) is 11.6 Å². The monoisotopic (exact) mass is 477 g/mol. The lowest BCUT2D eigenvalue weighted by Gasteiger charge is -2.21. The molecule has 1 aliphatic heterocycles. The highest BCUT2D eigenvalue weighted by molar-refractivity contribution is 7.89. The van der Waals surface area contributed by atoms with Crippen molar-refractivity contribution in [2.24, 2.45) is 0 Å². The summed E-state index contributed by atoms with van der Waals surface area (Å²) >= 11 is 5.88. The van der Waals surface area contributed by atoms with Gasteiger partial charge in [-0.05, 0) is 55.7 Å². The Morgan fingerprint density at radius 1 is 1.28 bits per heavy atom. The molecule has 2 aromatic rings. The van der Waals surface area contributed by atoms with E-state index in [9.17, 15) is 13.2 Å². The van der Waals surface area contributed by atoms with E-state index in [1.54, 1.807) is 18.3 Å². The second-order valence-corrected chi connectivity index (χ2v) is 9.87. The van der Waals surface area contributed by atoms with E-state index in [1.807, 2.05) is 18.2 Å². The van der Waals surface area contributed by atoms with Gasteiger partial charge in [-0.1, -0.05) is 29.8 Å². The normalized spacial score (nSPS) is 19.4. The molecule has 1 N–H and O–H groups in total. The summed E-state index contributed by atoms with van der Waals surface area (Å²) in [5.41, 5.74) is 0.929. The molecule has 1 aromatic carbocycles. The zero-order valence-corrected chi connectivity index (χ0v) is 19.6. The highest BCUT2D eigenvalue weighted by Gasteiger charge is 2.33. The first-order chi connectivity index (χ1) is 15.4. The van der Waals surface area contributed by atoms with Gasteiger partial charge in [-0.15, -0.1) is 0 Å². The van der Waals surface area contributed by atoms with Gasteiger partial charge in [-0.3, -0.25) is 14.7 Å². The lowest BCUT2D eigenvalue weighted by Crippen LogP contribution is -2.37. The smallest absolute Gasteiger partial charge is 0.305 e. The fraction of sp³-hybridized carbons (Fsp3) is 0.391. The van der Waals surface area contributed by atoms with Crippen molar-refractivity contribution < 1.29 is 17.9 Å². The van der Waals surface area contributed by atoms with E-state index in [0.29, 0.717) is 37.4 Å². The molecule has 32 heavy (non-hydrogen) atoms. The van der Waals surface area contributed by atoms with E-state index in [1.165, 1.54) is 19.2 Å². The number of esters is 1. The predicted molar refractivity (Wildman–Crippen MR) is 124 cm³/mol. The number of allylic oxidation sites excluding steroid dienone is 1. The summed E-state index contributed by atoms with van der Waals surface area (Å²) in [4.78, 5) is 18.1. The van der Waals surface area contributed by atoms with Gasteiger partial charge in [-0.25, -0.2) is 13.1 Å². The van der Waals surface area contributed by atoms with Gasteiger partial charge >= 0.3 is 5.97 Å². The Balaban J connectivity index is 1.66. The third-order valence-corrected chi connectivity index (χ3v) is 7.11. The Morgan fingerprint density at radius 2 is 2.06 bits per heavy atom. The number of rotatable bonds is 10. The fourth-order valence-electron chi connectivity index (χ4n) is 3.72. The number of hydrogen-bond donors (Lipinski definition) is 1. The van der Waals surface area contributed by atoms with Crippen LogP contribution in [0.1, 0.15) is 31.4 Å². The molecule has 2 atom stereocenters. The van der Waals surface area contributed by atoms with Crippen molar-refractivity contribution >= 4 is 27.6 Å². The highest BCUT2D eigenvalue weighted by atomic mass is 35.5. The molecule has 0 unspecified atom stereocenters. The minimum absolute atomic E-state index is 0.0630.